The number of allylic oxidation sites excluding steroid dienone is 12. The molecular formula is C57H98O6. The molecule has 1 atom stereocenters. The van der Waals surface area contributed by atoms with Crippen LogP contribution in [-0.4, -0.2) is 37.2 Å². The van der Waals surface area contributed by atoms with Gasteiger partial charge in [-0.05, 0) is 64.2 Å². The molecule has 0 bridgehead atoms. The minimum absolute atomic E-state index is 0.0902. The van der Waals surface area contributed by atoms with Crippen molar-refractivity contribution in [2.24, 2.45) is 0 Å². The fourth-order valence-electron chi connectivity index (χ4n) is 7.29. The van der Waals surface area contributed by atoms with Gasteiger partial charge in [-0.25, -0.2) is 0 Å². The fraction of sp³-hybridized carbons (Fsp3) is 0.737. The maximum Gasteiger partial charge on any atom is 0.306 e. The Kier molecular flexibility index (Phi) is 48.9. The van der Waals surface area contributed by atoms with Gasteiger partial charge in [-0.2, -0.15) is 0 Å². The van der Waals surface area contributed by atoms with Gasteiger partial charge in [-0.3, -0.25) is 14.4 Å². The Morgan fingerprint density at radius 3 is 1.02 bits per heavy atom. The highest BCUT2D eigenvalue weighted by atomic mass is 16.6. The number of hydrogen-bond acceptors (Lipinski definition) is 6. The Bertz CT molecular complexity index is 1190. The highest BCUT2D eigenvalue weighted by Gasteiger charge is 2.19. The van der Waals surface area contributed by atoms with Gasteiger partial charge in [-0.1, -0.05) is 241 Å². The number of unbranched alkanes of at least 4 members (excludes halogenated alkanes) is 28. The van der Waals surface area contributed by atoms with Crippen molar-refractivity contribution in [1.29, 1.82) is 0 Å². The summed E-state index contributed by atoms with van der Waals surface area (Å²) in [6.07, 6.45) is 64.5. The summed E-state index contributed by atoms with van der Waals surface area (Å²) >= 11 is 0. The Morgan fingerprint density at radius 1 is 0.317 bits per heavy atom. The third kappa shape index (κ3) is 49.7. The Balaban J connectivity index is 4.44. The lowest BCUT2D eigenvalue weighted by atomic mass is 10.0. The summed E-state index contributed by atoms with van der Waals surface area (Å²) in [6, 6.07) is 0. The lowest BCUT2D eigenvalue weighted by Crippen LogP contribution is -2.30. The third-order valence-corrected chi connectivity index (χ3v) is 11.3. The van der Waals surface area contributed by atoms with Gasteiger partial charge >= 0.3 is 17.9 Å². The second kappa shape index (κ2) is 51.5. The molecule has 0 aromatic rings. The summed E-state index contributed by atoms with van der Waals surface area (Å²) in [4.78, 5) is 38.0. The van der Waals surface area contributed by atoms with Gasteiger partial charge in [0.05, 0.1) is 0 Å². The molecule has 0 fully saturated rings. The van der Waals surface area contributed by atoms with E-state index in [1.54, 1.807) is 0 Å². The Labute approximate surface area is 389 Å². The van der Waals surface area contributed by atoms with E-state index in [1.165, 1.54) is 116 Å². The van der Waals surface area contributed by atoms with E-state index in [4.69, 9.17) is 14.2 Å². The lowest BCUT2D eigenvalue weighted by molar-refractivity contribution is -0.167. The molecule has 6 nitrogen and oxygen atoms in total. The molecule has 0 aromatic carbocycles. The SMILES string of the molecule is CCC\C=C/C=C\C=C/C=C\C=C/CCCCCCCC(=O)OCC(COC(=O)CCCCC/C=C\CCCCCCCC)OC(=O)CCCCCCCCCCCCCCCC. The van der Waals surface area contributed by atoms with Crippen LogP contribution in [0.4, 0.5) is 0 Å². The van der Waals surface area contributed by atoms with E-state index in [1.807, 2.05) is 24.3 Å². The molecule has 0 N–H and O–H groups in total. The molecule has 362 valence electrons. The summed E-state index contributed by atoms with van der Waals surface area (Å²) in [7, 11) is 0. The minimum atomic E-state index is -0.790. The van der Waals surface area contributed by atoms with Gasteiger partial charge in [0.15, 0.2) is 6.10 Å². The summed E-state index contributed by atoms with van der Waals surface area (Å²) in [5.41, 5.74) is 0. The molecule has 6 heteroatoms. The average Bonchev–Trinajstić information content (AvgIpc) is 3.28. The van der Waals surface area contributed by atoms with Crippen LogP contribution in [0.25, 0.3) is 0 Å². The fourth-order valence-corrected chi connectivity index (χ4v) is 7.29. The van der Waals surface area contributed by atoms with Crippen LogP contribution >= 0.6 is 0 Å². The number of hydrogen-bond donors (Lipinski definition) is 0. The van der Waals surface area contributed by atoms with Crippen molar-refractivity contribution >= 4 is 17.9 Å². The second-order valence-electron chi connectivity index (χ2n) is 17.6. The standard InChI is InChI=1S/C57H98O6/c1-4-7-10-13-16-19-22-25-27-28-29-30-33-35-38-41-44-47-50-56(59)62-53-54(52-61-55(58)49-46-43-40-37-34-31-24-21-18-15-12-9-6-3)63-57(60)51-48-45-42-39-36-32-26-23-20-17-14-11-8-5-2/h10,13,16,19,22,25,27-31,34,54H,4-9,11-12,14-15,17-18,20-21,23-24,26,32-33,35-53H2,1-3H3/b13-10-,19-16-,25-22-,28-27-,30-29-,34-31-. The van der Waals surface area contributed by atoms with Crippen molar-refractivity contribution in [3.05, 3.63) is 72.9 Å². The summed E-state index contributed by atoms with van der Waals surface area (Å²) in [6.45, 7) is 6.52. The first-order valence-electron chi connectivity index (χ1n) is 26.5. The number of rotatable bonds is 47. The van der Waals surface area contributed by atoms with E-state index in [9.17, 15) is 14.4 Å². The Hall–Kier alpha value is -3.15. The molecule has 0 aliphatic rings. The van der Waals surface area contributed by atoms with E-state index >= 15 is 0 Å². The van der Waals surface area contributed by atoms with Gasteiger partial charge in [0.25, 0.3) is 0 Å². The van der Waals surface area contributed by atoms with Crippen LogP contribution in [0.2, 0.25) is 0 Å². The molecule has 0 aromatic heterocycles. The largest absolute Gasteiger partial charge is 0.462 e. The molecular weight excluding hydrogens is 781 g/mol. The van der Waals surface area contributed by atoms with Gasteiger partial charge < -0.3 is 14.2 Å². The zero-order chi connectivity index (χ0) is 45.8. The molecule has 0 spiro atoms. The predicted octanol–water partition coefficient (Wildman–Crippen LogP) is 17.4. The Morgan fingerprint density at radius 2 is 0.619 bits per heavy atom. The molecule has 0 aliphatic heterocycles. The topological polar surface area (TPSA) is 78.9 Å². The van der Waals surface area contributed by atoms with E-state index in [0.29, 0.717) is 19.3 Å². The van der Waals surface area contributed by atoms with Crippen LogP contribution in [0.5, 0.6) is 0 Å². The van der Waals surface area contributed by atoms with E-state index in [2.05, 4.69) is 69.4 Å². The van der Waals surface area contributed by atoms with Gasteiger partial charge in [0.2, 0.25) is 0 Å². The highest BCUT2D eigenvalue weighted by molar-refractivity contribution is 5.71. The van der Waals surface area contributed by atoms with E-state index < -0.39 is 6.10 Å². The monoisotopic (exact) mass is 879 g/mol. The first-order valence-corrected chi connectivity index (χ1v) is 26.5. The number of ether oxygens (including phenoxy) is 3. The smallest absolute Gasteiger partial charge is 0.306 e. The zero-order valence-corrected chi connectivity index (χ0v) is 41.3. The molecule has 0 aliphatic carbocycles. The second-order valence-corrected chi connectivity index (χ2v) is 17.6. The van der Waals surface area contributed by atoms with Crippen LogP contribution in [0.15, 0.2) is 72.9 Å². The summed E-state index contributed by atoms with van der Waals surface area (Å²) in [5, 5.41) is 0. The van der Waals surface area contributed by atoms with Crippen LogP contribution in [0.1, 0.15) is 252 Å². The van der Waals surface area contributed by atoms with Crippen molar-refractivity contribution in [2.45, 2.75) is 258 Å². The first-order chi connectivity index (χ1) is 31.0. The maximum atomic E-state index is 12.8. The third-order valence-electron chi connectivity index (χ3n) is 11.3. The molecule has 1 unspecified atom stereocenters. The van der Waals surface area contributed by atoms with Crippen molar-refractivity contribution in [2.75, 3.05) is 13.2 Å². The number of carbonyl (C=O) groups excluding carboxylic acids is 3. The van der Waals surface area contributed by atoms with E-state index in [0.717, 1.165) is 96.3 Å². The average molecular weight is 879 g/mol. The molecule has 0 saturated heterocycles. The highest BCUT2D eigenvalue weighted by Crippen LogP contribution is 2.15. The molecule has 0 saturated carbocycles. The predicted molar refractivity (Wildman–Crippen MR) is 270 cm³/mol. The van der Waals surface area contributed by atoms with Crippen molar-refractivity contribution in [3.8, 4) is 0 Å². The first kappa shape index (κ1) is 59.9. The van der Waals surface area contributed by atoms with E-state index in [-0.39, 0.29) is 31.1 Å². The van der Waals surface area contributed by atoms with Crippen LogP contribution in [0, 0.1) is 0 Å². The van der Waals surface area contributed by atoms with Crippen LogP contribution in [0.3, 0.4) is 0 Å². The van der Waals surface area contributed by atoms with Gasteiger partial charge in [0, 0.05) is 19.3 Å². The number of esters is 3. The van der Waals surface area contributed by atoms with Crippen molar-refractivity contribution < 1.29 is 28.6 Å². The van der Waals surface area contributed by atoms with Crippen molar-refractivity contribution in [3.63, 3.8) is 0 Å². The van der Waals surface area contributed by atoms with Crippen LogP contribution in [-0.2, 0) is 28.6 Å². The summed E-state index contributed by atoms with van der Waals surface area (Å²) < 4.78 is 16.8. The molecule has 0 radical (unpaired) electrons. The zero-order valence-electron chi connectivity index (χ0n) is 41.3. The molecule has 0 rings (SSSR count). The normalized spacial score (nSPS) is 12.6. The van der Waals surface area contributed by atoms with Gasteiger partial charge in [-0.15, -0.1) is 0 Å². The van der Waals surface area contributed by atoms with Crippen molar-refractivity contribution in [1.82, 2.24) is 0 Å². The van der Waals surface area contributed by atoms with Crippen LogP contribution < -0.4 is 0 Å². The molecule has 0 amide bonds. The molecule has 63 heavy (non-hydrogen) atoms. The maximum absolute atomic E-state index is 12.8. The summed E-state index contributed by atoms with van der Waals surface area (Å²) in [5.74, 6) is -0.925. The minimum Gasteiger partial charge on any atom is -0.462 e. The number of carbonyl (C=O) groups is 3. The quantitative estimate of drug-likeness (QED) is 0.0199. The lowest BCUT2D eigenvalue weighted by Gasteiger charge is -2.18. The molecule has 0 heterocycles. The van der Waals surface area contributed by atoms with Gasteiger partial charge in [0.1, 0.15) is 13.2 Å².